The molecule has 3 rings (SSSR count). The number of rotatable bonds is 4. The summed E-state index contributed by atoms with van der Waals surface area (Å²) in [6.45, 7) is 4.49. The molecule has 2 aromatic carbocycles. The van der Waals surface area contributed by atoms with Gasteiger partial charge in [0.05, 0.1) is 5.69 Å². The summed E-state index contributed by atoms with van der Waals surface area (Å²) in [5.74, 6) is 0. The summed E-state index contributed by atoms with van der Waals surface area (Å²) in [4.78, 5) is 0.0204. The highest BCUT2D eigenvalue weighted by Gasteiger charge is 2.41. The maximum atomic E-state index is 4.94. The topological polar surface area (TPSA) is 15.6 Å². The highest BCUT2D eigenvalue weighted by Crippen LogP contribution is 2.46. The Morgan fingerprint density at radius 3 is 2.05 bits per heavy atom. The molecule has 1 heterocycles. The number of para-hydroxylation sites is 1. The first kappa shape index (κ1) is 14.2. The summed E-state index contributed by atoms with van der Waals surface area (Å²) in [5.41, 5.74) is 2.37. The fourth-order valence-corrected chi connectivity index (χ4v) is 3.94. The minimum absolute atomic E-state index is 0.0204. The Labute approximate surface area is 130 Å². The molecule has 0 saturated carbocycles. The number of hydrazone groups is 1. The van der Waals surface area contributed by atoms with E-state index in [9.17, 15) is 0 Å². The van der Waals surface area contributed by atoms with Crippen LogP contribution in [-0.4, -0.2) is 9.91 Å². The molecule has 0 fully saturated rings. The van der Waals surface area contributed by atoms with Gasteiger partial charge in [0.15, 0.2) is 0 Å². The average Bonchev–Trinajstić information content (AvgIpc) is 2.97. The van der Waals surface area contributed by atoms with Gasteiger partial charge in [-0.2, -0.15) is 5.10 Å². The Morgan fingerprint density at radius 2 is 1.48 bits per heavy atom. The molecule has 0 saturated heterocycles. The number of hydrogen-bond acceptors (Lipinski definition) is 3. The van der Waals surface area contributed by atoms with Crippen molar-refractivity contribution in [3.8, 4) is 0 Å². The predicted molar refractivity (Wildman–Crippen MR) is 92.8 cm³/mol. The Hall–Kier alpha value is -1.74. The zero-order valence-corrected chi connectivity index (χ0v) is 13.3. The van der Waals surface area contributed by atoms with Crippen molar-refractivity contribution in [3.63, 3.8) is 0 Å². The van der Waals surface area contributed by atoms with Gasteiger partial charge in [0, 0.05) is 5.56 Å². The second-order valence-electron chi connectivity index (χ2n) is 5.17. The van der Waals surface area contributed by atoms with Crippen LogP contribution in [0.5, 0.6) is 0 Å². The molecule has 0 aromatic heterocycles. The summed E-state index contributed by atoms with van der Waals surface area (Å²) >= 11 is 1.89. The Kier molecular flexibility index (Phi) is 4.02. The lowest BCUT2D eigenvalue weighted by molar-refractivity contribution is 0.528. The van der Waals surface area contributed by atoms with E-state index in [1.165, 1.54) is 11.3 Å². The van der Waals surface area contributed by atoms with Crippen LogP contribution in [-0.2, 0) is 0 Å². The maximum absolute atomic E-state index is 4.94. The molecule has 3 heteroatoms. The second-order valence-corrected chi connectivity index (χ2v) is 6.52. The molecule has 0 bridgehead atoms. The van der Waals surface area contributed by atoms with E-state index in [2.05, 4.69) is 67.4 Å². The van der Waals surface area contributed by atoms with Crippen LogP contribution in [0.4, 0.5) is 5.69 Å². The van der Waals surface area contributed by atoms with Gasteiger partial charge < -0.3 is 0 Å². The standard InChI is InChI=1S/C18H20N2S/c1-3-18(4-2)20(16-13-9-6-10-14-16)19-17(21-18)15-11-7-5-8-12-15/h5-14H,3-4H2,1-2H3. The number of nitrogens with zero attached hydrogens (tertiary/aromatic N) is 2. The SMILES string of the molecule is CCC1(CC)SC(c2ccccc2)=NN1c1ccccc1. The van der Waals surface area contributed by atoms with Gasteiger partial charge in [-0.3, -0.25) is 0 Å². The number of benzene rings is 2. The van der Waals surface area contributed by atoms with Crippen molar-refractivity contribution in [3.05, 3.63) is 66.2 Å². The van der Waals surface area contributed by atoms with Gasteiger partial charge in [0.1, 0.15) is 9.91 Å². The van der Waals surface area contributed by atoms with Crippen LogP contribution in [0.25, 0.3) is 0 Å². The molecule has 0 aliphatic carbocycles. The number of thioether (sulfide) groups is 1. The Bertz CT molecular complexity index is 618. The molecule has 21 heavy (non-hydrogen) atoms. The summed E-state index contributed by atoms with van der Waals surface area (Å²) in [6.07, 6.45) is 2.12. The minimum atomic E-state index is 0.0204. The van der Waals surface area contributed by atoms with Gasteiger partial charge in [0.2, 0.25) is 0 Å². The van der Waals surface area contributed by atoms with E-state index in [4.69, 9.17) is 5.10 Å². The first-order chi connectivity index (χ1) is 10.3. The van der Waals surface area contributed by atoms with Gasteiger partial charge >= 0.3 is 0 Å². The van der Waals surface area contributed by atoms with Crippen molar-refractivity contribution in [2.75, 3.05) is 5.01 Å². The molecule has 1 aliphatic heterocycles. The molecule has 1 aliphatic rings. The highest BCUT2D eigenvalue weighted by atomic mass is 32.2. The molecular weight excluding hydrogens is 276 g/mol. The smallest absolute Gasteiger partial charge is 0.126 e. The average molecular weight is 296 g/mol. The van der Waals surface area contributed by atoms with Crippen molar-refractivity contribution in [1.82, 2.24) is 0 Å². The van der Waals surface area contributed by atoms with Crippen molar-refractivity contribution < 1.29 is 0 Å². The van der Waals surface area contributed by atoms with E-state index in [-0.39, 0.29) is 4.87 Å². The van der Waals surface area contributed by atoms with Crippen LogP contribution < -0.4 is 5.01 Å². The van der Waals surface area contributed by atoms with Gasteiger partial charge in [0.25, 0.3) is 0 Å². The quantitative estimate of drug-likeness (QED) is 0.778. The molecule has 0 radical (unpaired) electrons. The molecule has 0 unspecified atom stereocenters. The largest absolute Gasteiger partial charge is 0.248 e. The van der Waals surface area contributed by atoms with Crippen LogP contribution in [0.1, 0.15) is 32.3 Å². The van der Waals surface area contributed by atoms with E-state index < -0.39 is 0 Å². The number of hydrogen-bond donors (Lipinski definition) is 0. The van der Waals surface area contributed by atoms with E-state index in [0.29, 0.717) is 0 Å². The molecule has 108 valence electrons. The van der Waals surface area contributed by atoms with E-state index in [0.717, 1.165) is 17.9 Å². The van der Waals surface area contributed by atoms with Crippen molar-refractivity contribution in [2.45, 2.75) is 31.6 Å². The highest BCUT2D eigenvalue weighted by molar-refractivity contribution is 8.16. The summed E-state index contributed by atoms with van der Waals surface area (Å²) in [7, 11) is 0. The van der Waals surface area contributed by atoms with Gasteiger partial charge in [-0.1, -0.05) is 74.1 Å². The second kappa shape index (κ2) is 5.94. The van der Waals surface area contributed by atoms with Crippen LogP contribution in [0.15, 0.2) is 65.8 Å². The fourth-order valence-electron chi connectivity index (χ4n) is 2.68. The fraction of sp³-hybridized carbons (Fsp3) is 0.278. The molecule has 0 amide bonds. The van der Waals surface area contributed by atoms with Crippen molar-refractivity contribution in [2.24, 2.45) is 5.10 Å². The zero-order valence-electron chi connectivity index (χ0n) is 12.5. The predicted octanol–water partition coefficient (Wildman–Crippen LogP) is 5.12. The molecule has 2 aromatic rings. The maximum Gasteiger partial charge on any atom is 0.126 e. The summed E-state index contributed by atoms with van der Waals surface area (Å²) in [5, 5.41) is 8.26. The summed E-state index contributed by atoms with van der Waals surface area (Å²) < 4.78 is 0. The molecule has 0 atom stereocenters. The van der Waals surface area contributed by atoms with Crippen LogP contribution >= 0.6 is 11.8 Å². The molecule has 0 N–H and O–H groups in total. The molecular formula is C18H20N2S. The summed E-state index contributed by atoms with van der Waals surface area (Å²) in [6, 6.07) is 20.9. The van der Waals surface area contributed by atoms with Crippen molar-refractivity contribution >= 4 is 22.5 Å². The van der Waals surface area contributed by atoms with Gasteiger partial charge in [-0.05, 0) is 25.0 Å². The van der Waals surface area contributed by atoms with E-state index >= 15 is 0 Å². The zero-order chi connectivity index (χ0) is 14.7. The van der Waals surface area contributed by atoms with Crippen LogP contribution in [0.2, 0.25) is 0 Å². The normalized spacial score (nSPS) is 16.9. The first-order valence-corrected chi connectivity index (χ1v) is 8.29. The lowest BCUT2D eigenvalue weighted by Crippen LogP contribution is -2.38. The van der Waals surface area contributed by atoms with E-state index in [1.807, 2.05) is 23.9 Å². The third kappa shape index (κ3) is 2.58. The third-order valence-electron chi connectivity index (χ3n) is 3.99. The van der Waals surface area contributed by atoms with E-state index in [1.54, 1.807) is 0 Å². The molecule has 0 spiro atoms. The van der Waals surface area contributed by atoms with Gasteiger partial charge in [-0.25, -0.2) is 5.01 Å². The minimum Gasteiger partial charge on any atom is -0.248 e. The Balaban J connectivity index is 2.03. The molecule has 2 nitrogen and oxygen atoms in total. The Morgan fingerprint density at radius 1 is 0.905 bits per heavy atom. The van der Waals surface area contributed by atoms with Crippen molar-refractivity contribution in [1.29, 1.82) is 0 Å². The number of anilines is 1. The first-order valence-electron chi connectivity index (χ1n) is 7.47. The van der Waals surface area contributed by atoms with Crippen LogP contribution in [0, 0.1) is 0 Å². The lowest BCUT2D eigenvalue weighted by Gasteiger charge is -2.35. The lowest BCUT2D eigenvalue weighted by atomic mass is 10.1. The van der Waals surface area contributed by atoms with Gasteiger partial charge in [-0.15, -0.1) is 0 Å². The third-order valence-corrected chi connectivity index (χ3v) is 5.63. The monoisotopic (exact) mass is 296 g/mol. The van der Waals surface area contributed by atoms with Crippen LogP contribution in [0.3, 0.4) is 0 Å².